The number of rotatable bonds is 5. The molecule has 7 atom stereocenters. The number of β-amino-alcohol motifs (C(OH)–C–C–N with tert-alkyl or cyclic N) is 1. The minimum Gasteiger partial charge on any atom is -0.390 e. The molecule has 0 radical (unpaired) electrons. The zero-order valence-corrected chi connectivity index (χ0v) is 21.3. The molecular formula is C23H32F2N6O4S. The van der Waals surface area contributed by atoms with E-state index < -0.39 is 45.8 Å². The third-order valence-electron chi connectivity index (χ3n) is 7.90. The lowest BCUT2D eigenvalue weighted by Gasteiger charge is -2.47. The number of hydrogen-bond donors (Lipinski definition) is 3. The molecule has 13 heteroatoms. The van der Waals surface area contributed by atoms with E-state index in [2.05, 4.69) is 20.3 Å². The lowest BCUT2D eigenvalue weighted by atomic mass is 9.70. The van der Waals surface area contributed by atoms with E-state index in [-0.39, 0.29) is 49.2 Å². The van der Waals surface area contributed by atoms with Crippen molar-refractivity contribution >= 4 is 21.8 Å². The summed E-state index contributed by atoms with van der Waals surface area (Å²) in [6.45, 7) is 3.80. The molecule has 1 aromatic heterocycles. The Labute approximate surface area is 209 Å². The normalized spacial score (nSPS) is 33.9. The molecule has 3 unspecified atom stereocenters. The van der Waals surface area contributed by atoms with E-state index in [9.17, 15) is 18.6 Å². The Morgan fingerprint density at radius 1 is 1.25 bits per heavy atom. The minimum atomic E-state index is -3.42. The number of halogens is 2. The SMILES string of the molecule is C[C@@H]1CCC2C(c3nc(N[C@@H]4CCN(S(C)(=O)=O)C[C@H]4O)ncc3F)CC(F)=C3N=C([C@@H](C)O)N1C32. The highest BCUT2D eigenvalue weighted by Gasteiger charge is 2.52. The lowest BCUT2D eigenvalue weighted by Crippen LogP contribution is -2.54. The first-order valence-electron chi connectivity index (χ1n) is 12.3. The van der Waals surface area contributed by atoms with E-state index in [1.54, 1.807) is 6.92 Å². The standard InChI is InChI=1S/C23H32F2N6O4S/c1-11-4-5-13-14(8-15(24)20-21(13)31(11)22(28-20)12(2)32)19-16(25)9-26-23(29-19)27-17-6-7-30(10-18(17)33)36(3,34)35/h9,11-14,17-18,21,32-33H,4-8,10H2,1-3H3,(H,26,27,29)/t11-,12-,13?,14?,17-,18-,21?/m1/s1. The molecule has 1 aromatic rings. The van der Waals surface area contributed by atoms with Crippen LogP contribution < -0.4 is 5.32 Å². The van der Waals surface area contributed by atoms with Crippen LogP contribution in [0.4, 0.5) is 14.7 Å². The van der Waals surface area contributed by atoms with Crippen LogP contribution in [0.1, 0.15) is 51.1 Å². The molecule has 0 bridgehead atoms. The second kappa shape index (κ2) is 9.26. The number of aliphatic hydroxyl groups is 2. The first-order valence-corrected chi connectivity index (χ1v) is 14.2. The molecule has 0 amide bonds. The van der Waals surface area contributed by atoms with Crippen LogP contribution in [0.5, 0.6) is 0 Å². The Kier molecular flexibility index (Phi) is 6.54. The van der Waals surface area contributed by atoms with Gasteiger partial charge in [-0.2, -0.15) is 4.31 Å². The van der Waals surface area contributed by atoms with Gasteiger partial charge in [-0.15, -0.1) is 0 Å². The van der Waals surface area contributed by atoms with Gasteiger partial charge >= 0.3 is 0 Å². The number of aliphatic hydroxyl groups excluding tert-OH is 2. The Hall–Kier alpha value is -2.22. The number of anilines is 1. The van der Waals surface area contributed by atoms with Gasteiger partial charge in [0.05, 0.1) is 42.0 Å². The summed E-state index contributed by atoms with van der Waals surface area (Å²) in [6, 6.07) is -0.834. The number of allylic oxidation sites excluding steroid dienone is 1. The topological polar surface area (TPSA) is 131 Å². The van der Waals surface area contributed by atoms with Gasteiger partial charge in [0.1, 0.15) is 17.8 Å². The summed E-state index contributed by atoms with van der Waals surface area (Å²) in [5, 5.41) is 23.8. The molecule has 3 aliphatic heterocycles. The highest BCUT2D eigenvalue weighted by molar-refractivity contribution is 7.88. The molecule has 198 valence electrons. The van der Waals surface area contributed by atoms with Crippen LogP contribution in [-0.4, -0.2) is 93.3 Å². The molecule has 2 fully saturated rings. The second-order valence-corrected chi connectivity index (χ2v) is 12.3. The molecule has 1 aliphatic carbocycles. The number of hydrogen-bond acceptors (Lipinski definition) is 9. The fourth-order valence-corrected chi connectivity index (χ4v) is 6.97. The molecule has 2 saturated heterocycles. The van der Waals surface area contributed by atoms with Crippen molar-refractivity contribution in [1.82, 2.24) is 19.2 Å². The molecule has 0 saturated carbocycles. The van der Waals surface area contributed by atoms with Crippen LogP contribution in [0.3, 0.4) is 0 Å². The van der Waals surface area contributed by atoms with Gasteiger partial charge in [-0.3, -0.25) is 0 Å². The molecule has 4 aliphatic rings. The zero-order valence-electron chi connectivity index (χ0n) is 20.5. The second-order valence-electron chi connectivity index (χ2n) is 10.3. The van der Waals surface area contributed by atoms with Crippen molar-refractivity contribution in [2.75, 3.05) is 24.7 Å². The van der Waals surface area contributed by atoms with Crippen molar-refractivity contribution in [3.63, 3.8) is 0 Å². The van der Waals surface area contributed by atoms with Gasteiger partial charge in [-0.1, -0.05) is 0 Å². The van der Waals surface area contributed by atoms with Crippen LogP contribution >= 0.6 is 0 Å². The molecule has 0 spiro atoms. The average Bonchev–Trinajstić information content (AvgIpc) is 3.22. The quantitative estimate of drug-likeness (QED) is 0.524. The van der Waals surface area contributed by atoms with Crippen molar-refractivity contribution in [3.05, 3.63) is 29.2 Å². The van der Waals surface area contributed by atoms with Gasteiger partial charge in [0.25, 0.3) is 0 Å². The van der Waals surface area contributed by atoms with Gasteiger partial charge in [0.15, 0.2) is 5.82 Å². The van der Waals surface area contributed by atoms with E-state index in [4.69, 9.17) is 0 Å². The summed E-state index contributed by atoms with van der Waals surface area (Å²) in [5.74, 6) is -1.19. The third-order valence-corrected chi connectivity index (χ3v) is 9.17. The van der Waals surface area contributed by atoms with Crippen molar-refractivity contribution in [2.24, 2.45) is 10.9 Å². The first kappa shape index (κ1) is 25.4. The Morgan fingerprint density at radius 3 is 2.67 bits per heavy atom. The first-order chi connectivity index (χ1) is 17.0. The van der Waals surface area contributed by atoms with Gasteiger partial charge in [-0.25, -0.2) is 32.2 Å². The predicted octanol–water partition coefficient (Wildman–Crippen LogP) is 1.35. The molecule has 10 nitrogen and oxygen atoms in total. The summed E-state index contributed by atoms with van der Waals surface area (Å²) in [5.41, 5.74) is 0.432. The highest BCUT2D eigenvalue weighted by Crippen LogP contribution is 2.51. The lowest BCUT2D eigenvalue weighted by molar-refractivity contribution is 0.0949. The molecule has 3 N–H and O–H groups in total. The average molecular weight is 527 g/mol. The highest BCUT2D eigenvalue weighted by atomic mass is 32.2. The number of amidine groups is 1. The Morgan fingerprint density at radius 2 is 2.00 bits per heavy atom. The summed E-state index contributed by atoms with van der Waals surface area (Å²) in [4.78, 5) is 14.9. The summed E-state index contributed by atoms with van der Waals surface area (Å²) in [6.07, 6.45) is 2.12. The smallest absolute Gasteiger partial charge is 0.223 e. The van der Waals surface area contributed by atoms with E-state index >= 15 is 8.78 Å². The maximum Gasteiger partial charge on any atom is 0.223 e. The summed E-state index contributed by atoms with van der Waals surface area (Å²) in [7, 11) is -3.42. The van der Waals surface area contributed by atoms with Crippen molar-refractivity contribution in [2.45, 2.75) is 75.8 Å². The fraction of sp³-hybridized carbons (Fsp3) is 0.696. The summed E-state index contributed by atoms with van der Waals surface area (Å²) >= 11 is 0. The predicted molar refractivity (Wildman–Crippen MR) is 129 cm³/mol. The largest absolute Gasteiger partial charge is 0.390 e. The Balaban J connectivity index is 1.40. The minimum absolute atomic E-state index is 0.0436. The third kappa shape index (κ3) is 4.39. The molecular weight excluding hydrogens is 494 g/mol. The molecule has 5 rings (SSSR count). The number of piperidine rings is 2. The van der Waals surface area contributed by atoms with Crippen LogP contribution in [0.2, 0.25) is 0 Å². The number of sulfonamides is 1. The van der Waals surface area contributed by atoms with Crippen LogP contribution in [0.15, 0.2) is 22.7 Å². The van der Waals surface area contributed by atoms with Crippen molar-refractivity contribution in [1.29, 1.82) is 0 Å². The van der Waals surface area contributed by atoms with Gasteiger partial charge < -0.3 is 20.4 Å². The fourth-order valence-electron chi connectivity index (χ4n) is 6.11. The molecule has 36 heavy (non-hydrogen) atoms. The van der Waals surface area contributed by atoms with Crippen molar-refractivity contribution in [3.8, 4) is 0 Å². The van der Waals surface area contributed by atoms with E-state index in [1.165, 1.54) is 4.31 Å². The van der Waals surface area contributed by atoms with E-state index in [0.717, 1.165) is 25.3 Å². The van der Waals surface area contributed by atoms with E-state index in [1.807, 2.05) is 11.8 Å². The van der Waals surface area contributed by atoms with Crippen molar-refractivity contribution < 1.29 is 27.4 Å². The Bertz CT molecular complexity index is 1210. The van der Waals surface area contributed by atoms with E-state index in [0.29, 0.717) is 18.0 Å². The number of aliphatic imine (C=N–C) groups is 1. The maximum absolute atomic E-state index is 15.3. The zero-order chi connectivity index (χ0) is 25.9. The maximum atomic E-state index is 15.3. The molecule has 0 aromatic carbocycles. The van der Waals surface area contributed by atoms with Gasteiger partial charge in [-0.05, 0) is 39.0 Å². The van der Waals surface area contributed by atoms with Gasteiger partial charge in [0.2, 0.25) is 16.0 Å². The van der Waals surface area contributed by atoms with Gasteiger partial charge in [0, 0.05) is 31.5 Å². The van der Waals surface area contributed by atoms with Crippen LogP contribution in [0.25, 0.3) is 0 Å². The monoisotopic (exact) mass is 526 g/mol. The molecule has 4 heterocycles. The number of nitrogens with zero attached hydrogens (tertiary/aromatic N) is 5. The number of nitrogens with one attached hydrogen (secondary N) is 1. The number of aromatic nitrogens is 2. The van der Waals surface area contributed by atoms with Crippen LogP contribution in [0, 0.1) is 11.7 Å². The summed E-state index contributed by atoms with van der Waals surface area (Å²) < 4.78 is 55.2. The van der Waals surface area contributed by atoms with Crippen LogP contribution in [-0.2, 0) is 10.0 Å².